The summed E-state index contributed by atoms with van der Waals surface area (Å²) in [5.74, 6) is -0.256. The fraction of sp³-hybridized carbons (Fsp3) is 0.407. The largest absolute Gasteiger partial charge is 0.502 e. The maximum absolute atomic E-state index is 15.8. The Morgan fingerprint density at radius 2 is 1.97 bits per heavy atom. The number of piperidine rings is 1. The highest BCUT2D eigenvalue weighted by Crippen LogP contribution is 2.48. The predicted molar refractivity (Wildman–Crippen MR) is 134 cm³/mol. The lowest BCUT2D eigenvalue weighted by atomic mass is 9.79. The van der Waals surface area contributed by atoms with Crippen molar-refractivity contribution < 1.29 is 14.3 Å². The Labute approximate surface area is 207 Å². The quantitative estimate of drug-likeness (QED) is 0.632. The fourth-order valence-electron chi connectivity index (χ4n) is 5.92. The number of hydrogen-bond acceptors (Lipinski definition) is 5. The third-order valence-corrected chi connectivity index (χ3v) is 8.86. The molecule has 3 aliphatic heterocycles. The summed E-state index contributed by atoms with van der Waals surface area (Å²) in [6.45, 7) is 4.88. The molecule has 2 aromatic rings. The van der Waals surface area contributed by atoms with Gasteiger partial charge in [0.2, 0.25) is 5.43 Å². The Balaban J connectivity index is 1.66. The standard InChI is InChI=1S/C27H28FN3O3S/c1-27(2)11-13-29-21(14-27)31(30-12-10-19(32)25(33)24(30)26(29)34)23-17-7-3-4-9-20(17)35-15-16-6-5-8-18(28)22(16)23/h3-7,9-10,12,18,21,23,33H,8,11,13-15H2,1-2H3/t18?,21-,23-/m1/s1. The van der Waals surface area contributed by atoms with E-state index < -0.39 is 23.4 Å². The normalized spacial score (nSPS) is 27.1. The third kappa shape index (κ3) is 3.44. The van der Waals surface area contributed by atoms with Crippen LogP contribution in [-0.2, 0) is 0 Å². The van der Waals surface area contributed by atoms with Crippen LogP contribution in [0, 0.1) is 5.41 Å². The molecule has 1 amide bonds. The van der Waals surface area contributed by atoms with Crippen LogP contribution in [0.2, 0.25) is 0 Å². The van der Waals surface area contributed by atoms with Gasteiger partial charge in [-0.25, -0.2) is 4.39 Å². The van der Waals surface area contributed by atoms with Gasteiger partial charge in [0.15, 0.2) is 11.4 Å². The summed E-state index contributed by atoms with van der Waals surface area (Å²) in [6, 6.07) is 8.83. The van der Waals surface area contributed by atoms with Crippen LogP contribution in [-0.4, -0.2) is 45.2 Å². The van der Waals surface area contributed by atoms with E-state index in [2.05, 4.69) is 19.9 Å². The topological polar surface area (TPSA) is 65.8 Å². The molecular formula is C27H28FN3O3S. The van der Waals surface area contributed by atoms with Gasteiger partial charge >= 0.3 is 0 Å². The summed E-state index contributed by atoms with van der Waals surface area (Å²) in [5.41, 5.74) is 1.96. The number of allylic oxidation sites excluding steroid dienone is 2. The first-order valence-corrected chi connectivity index (χ1v) is 13.0. The molecular weight excluding hydrogens is 465 g/mol. The lowest BCUT2D eigenvalue weighted by Gasteiger charge is -2.55. The number of aromatic nitrogens is 1. The number of pyridine rings is 1. The first-order chi connectivity index (χ1) is 16.8. The average Bonchev–Trinajstić information content (AvgIpc) is 2.99. The molecule has 4 aliphatic rings. The predicted octanol–water partition coefficient (Wildman–Crippen LogP) is 4.54. The lowest BCUT2D eigenvalue weighted by Crippen LogP contribution is -2.65. The summed E-state index contributed by atoms with van der Waals surface area (Å²) in [6.07, 6.45) is 5.76. The molecule has 1 aromatic heterocycles. The van der Waals surface area contributed by atoms with Crippen molar-refractivity contribution in [3.8, 4) is 5.75 Å². The number of carbonyl (C=O) groups is 1. The highest BCUT2D eigenvalue weighted by molar-refractivity contribution is 7.99. The van der Waals surface area contributed by atoms with E-state index in [-0.39, 0.29) is 23.2 Å². The summed E-state index contributed by atoms with van der Waals surface area (Å²) in [4.78, 5) is 28.8. The molecule has 1 aliphatic carbocycles. The number of fused-ring (bicyclic) bond motifs is 3. The lowest BCUT2D eigenvalue weighted by molar-refractivity contribution is 0.0238. The van der Waals surface area contributed by atoms with E-state index in [1.54, 1.807) is 27.5 Å². The Bertz CT molecular complexity index is 1350. The molecule has 1 saturated heterocycles. The van der Waals surface area contributed by atoms with E-state index in [4.69, 9.17) is 0 Å². The molecule has 6 rings (SSSR count). The number of thioether (sulfide) groups is 1. The van der Waals surface area contributed by atoms with E-state index in [9.17, 15) is 14.7 Å². The zero-order chi connectivity index (χ0) is 24.5. The van der Waals surface area contributed by atoms with Gasteiger partial charge < -0.3 is 10.0 Å². The smallest absolute Gasteiger partial charge is 0.278 e. The highest BCUT2D eigenvalue weighted by atomic mass is 32.2. The zero-order valence-electron chi connectivity index (χ0n) is 19.8. The van der Waals surface area contributed by atoms with Crippen LogP contribution in [0.5, 0.6) is 5.75 Å². The molecule has 0 saturated carbocycles. The van der Waals surface area contributed by atoms with Gasteiger partial charge in [-0.15, -0.1) is 11.8 Å². The fourth-order valence-corrected chi connectivity index (χ4v) is 7.01. The van der Waals surface area contributed by atoms with Crippen molar-refractivity contribution in [1.82, 2.24) is 9.58 Å². The van der Waals surface area contributed by atoms with Gasteiger partial charge in [0.25, 0.3) is 5.91 Å². The number of nitrogens with zero attached hydrogens (tertiary/aromatic N) is 3. The second-order valence-electron chi connectivity index (χ2n) is 10.5. The monoisotopic (exact) mass is 493 g/mol. The molecule has 0 bridgehead atoms. The number of carbonyl (C=O) groups excluding carboxylic acids is 1. The van der Waals surface area contributed by atoms with Crippen molar-refractivity contribution in [2.24, 2.45) is 5.41 Å². The SMILES string of the molecule is CC1(C)CCN2C(=O)c3c(O)c(=O)ccn3N([C@H]3C4=C(C=CCC4F)CSc4ccccc43)[C@@H]2C1. The van der Waals surface area contributed by atoms with Crippen LogP contribution in [0.25, 0.3) is 0 Å². The Kier molecular flexibility index (Phi) is 5.14. The first kappa shape index (κ1) is 22.5. The van der Waals surface area contributed by atoms with Gasteiger partial charge in [0.05, 0.1) is 6.04 Å². The van der Waals surface area contributed by atoms with E-state index in [0.717, 1.165) is 22.5 Å². The van der Waals surface area contributed by atoms with Crippen LogP contribution in [0.15, 0.2) is 69.5 Å². The highest BCUT2D eigenvalue weighted by Gasteiger charge is 2.49. The summed E-state index contributed by atoms with van der Waals surface area (Å²) in [7, 11) is 0. The zero-order valence-corrected chi connectivity index (χ0v) is 20.6. The summed E-state index contributed by atoms with van der Waals surface area (Å²) < 4.78 is 17.5. The minimum Gasteiger partial charge on any atom is -0.502 e. The van der Waals surface area contributed by atoms with Gasteiger partial charge in [-0.1, -0.05) is 44.2 Å². The molecule has 35 heavy (non-hydrogen) atoms. The number of rotatable bonds is 1. The molecule has 6 nitrogen and oxygen atoms in total. The van der Waals surface area contributed by atoms with Crippen molar-refractivity contribution in [3.63, 3.8) is 0 Å². The molecule has 182 valence electrons. The second kappa shape index (κ2) is 8.01. The third-order valence-electron chi connectivity index (χ3n) is 7.72. The summed E-state index contributed by atoms with van der Waals surface area (Å²) in [5, 5.41) is 12.8. The number of aromatic hydroxyl groups is 1. The molecule has 8 heteroatoms. The number of benzene rings is 1. The molecule has 1 N–H and O–H groups in total. The number of hydrogen-bond donors (Lipinski definition) is 1. The number of amides is 1. The molecule has 4 heterocycles. The van der Waals surface area contributed by atoms with Gasteiger partial charge in [-0.2, -0.15) is 0 Å². The van der Waals surface area contributed by atoms with Crippen molar-refractivity contribution in [3.05, 3.63) is 81.3 Å². The van der Waals surface area contributed by atoms with Gasteiger partial charge in [0.1, 0.15) is 12.3 Å². The van der Waals surface area contributed by atoms with Crippen LogP contribution in [0.4, 0.5) is 4.39 Å². The van der Waals surface area contributed by atoms with E-state index in [0.29, 0.717) is 30.7 Å². The minimum atomic E-state index is -1.16. The van der Waals surface area contributed by atoms with E-state index >= 15 is 4.39 Å². The van der Waals surface area contributed by atoms with Crippen molar-refractivity contribution in [2.45, 2.75) is 56.4 Å². The second-order valence-corrected chi connectivity index (χ2v) is 11.5. The van der Waals surface area contributed by atoms with Crippen molar-refractivity contribution >= 4 is 17.7 Å². The van der Waals surface area contributed by atoms with Gasteiger partial charge in [0, 0.05) is 35.9 Å². The van der Waals surface area contributed by atoms with E-state index in [1.807, 2.05) is 35.4 Å². The number of alkyl halides is 1. The molecule has 1 unspecified atom stereocenters. The van der Waals surface area contributed by atoms with Crippen LogP contribution in [0.1, 0.15) is 55.2 Å². The van der Waals surface area contributed by atoms with Crippen LogP contribution >= 0.6 is 11.8 Å². The van der Waals surface area contributed by atoms with Crippen molar-refractivity contribution in [2.75, 3.05) is 17.3 Å². The molecule has 3 atom stereocenters. The number of halogens is 1. The Morgan fingerprint density at radius 1 is 1.17 bits per heavy atom. The molecule has 0 radical (unpaired) electrons. The van der Waals surface area contributed by atoms with Crippen LogP contribution < -0.4 is 10.4 Å². The van der Waals surface area contributed by atoms with Crippen LogP contribution in [0.3, 0.4) is 0 Å². The molecule has 1 fully saturated rings. The Morgan fingerprint density at radius 3 is 2.80 bits per heavy atom. The average molecular weight is 494 g/mol. The minimum absolute atomic E-state index is 0.0317. The van der Waals surface area contributed by atoms with Crippen molar-refractivity contribution in [1.29, 1.82) is 0 Å². The molecule has 0 spiro atoms. The Hall–Kier alpha value is -3.00. The maximum atomic E-state index is 15.8. The first-order valence-electron chi connectivity index (χ1n) is 12.1. The van der Waals surface area contributed by atoms with Gasteiger partial charge in [-0.3, -0.25) is 19.3 Å². The maximum Gasteiger partial charge on any atom is 0.278 e. The summed E-state index contributed by atoms with van der Waals surface area (Å²) >= 11 is 1.69. The molecule has 1 aromatic carbocycles. The van der Waals surface area contributed by atoms with E-state index in [1.165, 1.54) is 6.07 Å². The van der Waals surface area contributed by atoms with Gasteiger partial charge in [-0.05, 0) is 41.0 Å².